The minimum Gasteiger partial charge on any atom is -0.358 e. The molecule has 0 aliphatic carbocycles. The maximum atomic E-state index is 13.9. The van der Waals surface area contributed by atoms with E-state index in [0.29, 0.717) is 13.1 Å². The Bertz CT molecular complexity index is 884. The standard InChI is InChI=1S/C19H17FN2O/c20-16-7-3-1-6-15(16)19(23)22-11-9-14-13-5-2-4-8-17(13)21-18(14)10-12-22/h1-8,21H,9-12H2. The van der Waals surface area contributed by atoms with Crippen LogP contribution in [-0.4, -0.2) is 28.9 Å². The second kappa shape index (κ2) is 5.54. The van der Waals surface area contributed by atoms with Crippen molar-refractivity contribution in [2.75, 3.05) is 13.1 Å². The van der Waals surface area contributed by atoms with Gasteiger partial charge in [0, 0.05) is 36.1 Å². The number of hydrogen-bond donors (Lipinski definition) is 1. The van der Waals surface area contributed by atoms with E-state index in [1.54, 1.807) is 23.1 Å². The zero-order valence-corrected chi connectivity index (χ0v) is 12.7. The molecule has 1 N–H and O–H groups in total. The first-order valence-electron chi connectivity index (χ1n) is 7.86. The third kappa shape index (κ3) is 2.40. The number of rotatable bonds is 1. The Morgan fingerprint density at radius 3 is 2.61 bits per heavy atom. The van der Waals surface area contributed by atoms with E-state index in [-0.39, 0.29) is 11.5 Å². The lowest BCUT2D eigenvalue weighted by Crippen LogP contribution is -2.33. The van der Waals surface area contributed by atoms with Gasteiger partial charge in [0.2, 0.25) is 0 Å². The van der Waals surface area contributed by atoms with Crippen LogP contribution < -0.4 is 0 Å². The first-order valence-corrected chi connectivity index (χ1v) is 7.86. The third-order valence-electron chi connectivity index (χ3n) is 4.56. The van der Waals surface area contributed by atoms with E-state index in [1.807, 2.05) is 12.1 Å². The van der Waals surface area contributed by atoms with E-state index < -0.39 is 5.82 Å². The van der Waals surface area contributed by atoms with Gasteiger partial charge in [-0.15, -0.1) is 0 Å². The van der Waals surface area contributed by atoms with Gasteiger partial charge < -0.3 is 9.88 Å². The first-order chi connectivity index (χ1) is 11.2. The highest BCUT2D eigenvalue weighted by Crippen LogP contribution is 2.26. The molecule has 2 heterocycles. The number of fused-ring (bicyclic) bond motifs is 3. The van der Waals surface area contributed by atoms with E-state index in [0.717, 1.165) is 18.4 Å². The summed E-state index contributed by atoms with van der Waals surface area (Å²) in [6.45, 7) is 1.22. The lowest BCUT2D eigenvalue weighted by atomic mass is 10.1. The summed E-state index contributed by atoms with van der Waals surface area (Å²) in [7, 11) is 0. The van der Waals surface area contributed by atoms with Crippen molar-refractivity contribution >= 4 is 16.8 Å². The number of hydrogen-bond acceptors (Lipinski definition) is 1. The van der Waals surface area contributed by atoms with E-state index in [2.05, 4.69) is 17.1 Å². The molecule has 0 atom stereocenters. The van der Waals surface area contributed by atoms with E-state index in [9.17, 15) is 9.18 Å². The molecule has 0 saturated heterocycles. The van der Waals surface area contributed by atoms with Crippen molar-refractivity contribution in [1.29, 1.82) is 0 Å². The minimum absolute atomic E-state index is 0.155. The van der Waals surface area contributed by atoms with Gasteiger partial charge >= 0.3 is 0 Å². The van der Waals surface area contributed by atoms with Crippen molar-refractivity contribution in [3.8, 4) is 0 Å². The fraction of sp³-hybridized carbons (Fsp3) is 0.211. The average Bonchev–Trinajstić information content (AvgIpc) is 2.79. The molecule has 1 aliphatic heterocycles. The van der Waals surface area contributed by atoms with Gasteiger partial charge in [0.05, 0.1) is 5.56 Å². The Kier molecular flexibility index (Phi) is 3.37. The van der Waals surface area contributed by atoms with Gasteiger partial charge in [0.15, 0.2) is 0 Å². The predicted octanol–water partition coefficient (Wildman–Crippen LogP) is 3.55. The van der Waals surface area contributed by atoms with Gasteiger partial charge in [-0.3, -0.25) is 4.79 Å². The largest absolute Gasteiger partial charge is 0.358 e. The second-order valence-corrected chi connectivity index (χ2v) is 5.90. The molecule has 3 aromatic rings. The Morgan fingerprint density at radius 1 is 1.00 bits per heavy atom. The Balaban J connectivity index is 1.61. The fourth-order valence-electron chi connectivity index (χ4n) is 3.37. The highest BCUT2D eigenvalue weighted by atomic mass is 19.1. The minimum atomic E-state index is -0.453. The number of aromatic nitrogens is 1. The first kappa shape index (κ1) is 14.0. The number of aromatic amines is 1. The molecule has 0 unspecified atom stereocenters. The van der Waals surface area contributed by atoms with Crippen molar-refractivity contribution in [3.63, 3.8) is 0 Å². The number of amides is 1. The summed E-state index contributed by atoms with van der Waals surface area (Å²) in [6, 6.07) is 14.4. The molecule has 4 rings (SSSR count). The summed E-state index contributed by atoms with van der Waals surface area (Å²) in [6.07, 6.45) is 1.56. The molecular weight excluding hydrogens is 291 g/mol. The predicted molar refractivity (Wildman–Crippen MR) is 88.0 cm³/mol. The number of H-pyrrole nitrogens is 1. The SMILES string of the molecule is O=C(c1ccccc1F)N1CCc2[nH]c3ccccc3c2CC1. The molecule has 4 heteroatoms. The molecule has 0 radical (unpaired) electrons. The third-order valence-corrected chi connectivity index (χ3v) is 4.56. The molecular formula is C19H17FN2O. The zero-order valence-electron chi connectivity index (χ0n) is 12.7. The summed E-state index contributed by atoms with van der Waals surface area (Å²) in [4.78, 5) is 17.8. The van der Waals surface area contributed by atoms with Crippen molar-refractivity contribution in [2.24, 2.45) is 0 Å². The number of carbonyl (C=O) groups is 1. The van der Waals surface area contributed by atoms with Gasteiger partial charge in [-0.05, 0) is 30.2 Å². The van der Waals surface area contributed by atoms with Crippen LogP contribution in [-0.2, 0) is 12.8 Å². The number of carbonyl (C=O) groups excluding carboxylic acids is 1. The van der Waals surface area contributed by atoms with Crippen molar-refractivity contribution in [3.05, 3.63) is 71.2 Å². The quantitative estimate of drug-likeness (QED) is 0.733. The lowest BCUT2D eigenvalue weighted by molar-refractivity contribution is 0.0758. The van der Waals surface area contributed by atoms with Gasteiger partial charge in [-0.25, -0.2) is 4.39 Å². The van der Waals surface area contributed by atoms with Gasteiger partial charge in [-0.1, -0.05) is 30.3 Å². The van der Waals surface area contributed by atoms with E-state index in [4.69, 9.17) is 0 Å². The van der Waals surface area contributed by atoms with Crippen LogP contribution in [0, 0.1) is 5.82 Å². The van der Waals surface area contributed by atoms with Crippen LogP contribution in [0.25, 0.3) is 10.9 Å². The van der Waals surface area contributed by atoms with Crippen LogP contribution in [0.5, 0.6) is 0 Å². The summed E-state index contributed by atoms with van der Waals surface area (Å²) in [5.41, 5.74) is 3.77. The van der Waals surface area contributed by atoms with Crippen molar-refractivity contribution in [2.45, 2.75) is 12.8 Å². The summed E-state index contributed by atoms with van der Waals surface area (Å²) >= 11 is 0. The molecule has 1 aliphatic rings. The summed E-state index contributed by atoms with van der Waals surface area (Å²) in [5, 5.41) is 1.22. The number of benzene rings is 2. The molecule has 1 aromatic heterocycles. The van der Waals surface area contributed by atoms with Gasteiger partial charge in [0.25, 0.3) is 5.91 Å². The van der Waals surface area contributed by atoms with Gasteiger partial charge in [0.1, 0.15) is 5.82 Å². The second-order valence-electron chi connectivity index (χ2n) is 5.90. The molecule has 0 saturated carbocycles. The smallest absolute Gasteiger partial charge is 0.256 e. The highest BCUT2D eigenvalue weighted by molar-refractivity contribution is 5.94. The van der Waals surface area contributed by atoms with Crippen LogP contribution in [0.3, 0.4) is 0 Å². The van der Waals surface area contributed by atoms with Gasteiger partial charge in [-0.2, -0.15) is 0 Å². The maximum absolute atomic E-state index is 13.9. The summed E-state index contributed by atoms with van der Waals surface area (Å²) in [5.74, 6) is -0.678. The molecule has 0 spiro atoms. The molecule has 3 nitrogen and oxygen atoms in total. The van der Waals surface area contributed by atoms with E-state index >= 15 is 0 Å². The van der Waals surface area contributed by atoms with Crippen LogP contribution in [0.1, 0.15) is 21.6 Å². The highest BCUT2D eigenvalue weighted by Gasteiger charge is 2.23. The van der Waals surface area contributed by atoms with Crippen LogP contribution in [0.15, 0.2) is 48.5 Å². The zero-order chi connectivity index (χ0) is 15.8. The van der Waals surface area contributed by atoms with Crippen LogP contribution in [0.2, 0.25) is 0 Å². The normalized spacial score (nSPS) is 14.6. The Labute approximate surface area is 133 Å². The maximum Gasteiger partial charge on any atom is 0.256 e. The number of nitrogens with zero attached hydrogens (tertiary/aromatic N) is 1. The molecule has 0 fully saturated rings. The topological polar surface area (TPSA) is 36.1 Å². The van der Waals surface area contributed by atoms with Crippen LogP contribution in [0.4, 0.5) is 4.39 Å². The monoisotopic (exact) mass is 308 g/mol. The fourth-order valence-corrected chi connectivity index (χ4v) is 3.37. The van der Waals surface area contributed by atoms with Crippen molar-refractivity contribution in [1.82, 2.24) is 9.88 Å². The number of halogens is 1. The molecule has 116 valence electrons. The average molecular weight is 308 g/mol. The Morgan fingerprint density at radius 2 is 1.74 bits per heavy atom. The number of nitrogens with one attached hydrogen (secondary N) is 1. The molecule has 0 bridgehead atoms. The molecule has 1 amide bonds. The lowest BCUT2D eigenvalue weighted by Gasteiger charge is -2.20. The Hall–Kier alpha value is -2.62. The molecule has 2 aromatic carbocycles. The van der Waals surface area contributed by atoms with Crippen LogP contribution >= 0.6 is 0 Å². The van der Waals surface area contributed by atoms with E-state index in [1.165, 1.54) is 22.7 Å². The summed E-state index contributed by atoms with van der Waals surface area (Å²) < 4.78 is 13.9. The van der Waals surface area contributed by atoms with Crippen molar-refractivity contribution < 1.29 is 9.18 Å². The molecule has 23 heavy (non-hydrogen) atoms. The number of para-hydroxylation sites is 1.